The van der Waals surface area contributed by atoms with Crippen molar-refractivity contribution in [3.63, 3.8) is 0 Å². The van der Waals surface area contributed by atoms with Crippen LogP contribution < -0.4 is 14.8 Å². The molecule has 4 nitrogen and oxygen atoms in total. The van der Waals surface area contributed by atoms with Crippen LogP contribution >= 0.6 is 0 Å². The van der Waals surface area contributed by atoms with Crippen molar-refractivity contribution in [2.75, 3.05) is 21.3 Å². The molecule has 1 aromatic carbocycles. The van der Waals surface area contributed by atoms with Gasteiger partial charge in [-0.1, -0.05) is 6.07 Å². The first-order valence-electron chi connectivity index (χ1n) is 4.83. The molecule has 0 unspecified atom stereocenters. The van der Waals surface area contributed by atoms with Crippen molar-refractivity contribution in [1.82, 2.24) is 5.32 Å². The number of ether oxygens (including phenoxy) is 2. The maximum absolute atomic E-state index is 11.0. The number of likely N-dealkylation sites (N-methyl/N-ethyl adjacent to an activating group) is 1. The highest BCUT2D eigenvalue weighted by molar-refractivity contribution is 5.91. The third kappa shape index (κ3) is 3.02. The van der Waals surface area contributed by atoms with Gasteiger partial charge in [-0.15, -0.1) is 0 Å². The van der Waals surface area contributed by atoms with E-state index in [9.17, 15) is 4.79 Å². The standard InChI is InChI=1S/C12H15NO3/c1-13-12(14)7-5-9-4-6-10(15-2)11(8-9)16-3/h4-8H,1-3H3,(H,13,14). The van der Waals surface area contributed by atoms with Gasteiger partial charge in [-0.25, -0.2) is 0 Å². The van der Waals surface area contributed by atoms with E-state index in [1.807, 2.05) is 6.07 Å². The summed E-state index contributed by atoms with van der Waals surface area (Å²) in [5, 5.41) is 2.50. The number of nitrogens with one attached hydrogen (secondary N) is 1. The Labute approximate surface area is 94.9 Å². The Morgan fingerprint density at radius 2 is 1.94 bits per heavy atom. The van der Waals surface area contributed by atoms with E-state index in [1.165, 1.54) is 6.08 Å². The van der Waals surface area contributed by atoms with Gasteiger partial charge in [0.25, 0.3) is 0 Å². The first-order valence-corrected chi connectivity index (χ1v) is 4.83. The second kappa shape index (κ2) is 5.80. The number of methoxy groups -OCH3 is 2. The molecule has 0 atom stereocenters. The molecule has 16 heavy (non-hydrogen) atoms. The first kappa shape index (κ1) is 12.1. The molecule has 0 aliphatic carbocycles. The SMILES string of the molecule is CNC(=O)C=Cc1ccc(OC)c(OC)c1. The topological polar surface area (TPSA) is 47.6 Å². The second-order valence-corrected chi connectivity index (χ2v) is 3.06. The lowest BCUT2D eigenvalue weighted by Crippen LogP contribution is -2.13. The molecule has 1 N–H and O–H groups in total. The van der Waals surface area contributed by atoms with Crippen LogP contribution in [0.5, 0.6) is 11.5 Å². The molecule has 0 spiro atoms. The molecular formula is C12H15NO3. The Morgan fingerprint density at radius 1 is 1.25 bits per heavy atom. The van der Waals surface area contributed by atoms with Gasteiger partial charge in [0, 0.05) is 13.1 Å². The summed E-state index contributed by atoms with van der Waals surface area (Å²) >= 11 is 0. The van der Waals surface area contributed by atoms with Crippen LogP contribution in [0.15, 0.2) is 24.3 Å². The largest absolute Gasteiger partial charge is 0.493 e. The van der Waals surface area contributed by atoms with Gasteiger partial charge in [0.05, 0.1) is 14.2 Å². The maximum Gasteiger partial charge on any atom is 0.243 e. The Bertz CT molecular complexity index is 399. The van der Waals surface area contributed by atoms with E-state index in [2.05, 4.69) is 5.32 Å². The monoisotopic (exact) mass is 221 g/mol. The van der Waals surface area contributed by atoms with Gasteiger partial charge in [-0.05, 0) is 23.8 Å². The van der Waals surface area contributed by atoms with Gasteiger partial charge in [0.1, 0.15) is 0 Å². The number of carbonyl (C=O) groups is 1. The number of carbonyl (C=O) groups excluding carboxylic acids is 1. The van der Waals surface area contributed by atoms with E-state index >= 15 is 0 Å². The minimum Gasteiger partial charge on any atom is -0.493 e. The summed E-state index contributed by atoms with van der Waals surface area (Å²) in [4.78, 5) is 11.0. The molecule has 4 heteroatoms. The molecule has 86 valence electrons. The van der Waals surface area contributed by atoms with E-state index in [0.29, 0.717) is 11.5 Å². The van der Waals surface area contributed by atoms with Crippen LogP contribution in [0.4, 0.5) is 0 Å². The van der Waals surface area contributed by atoms with Gasteiger partial charge < -0.3 is 14.8 Å². The van der Waals surface area contributed by atoms with E-state index in [-0.39, 0.29) is 5.91 Å². The first-order chi connectivity index (χ1) is 7.71. The molecule has 1 rings (SSSR count). The van der Waals surface area contributed by atoms with Crippen LogP contribution in [-0.4, -0.2) is 27.2 Å². The molecule has 0 aliphatic rings. The summed E-state index contributed by atoms with van der Waals surface area (Å²) in [6.45, 7) is 0. The van der Waals surface area contributed by atoms with E-state index in [0.717, 1.165) is 5.56 Å². The van der Waals surface area contributed by atoms with Crippen molar-refractivity contribution in [2.45, 2.75) is 0 Å². The van der Waals surface area contributed by atoms with Crippen molar-refractivity contribution in [1.29, 1.82) is 0 Å². The fourth-order valence-corrected chi connectivity index (χ4v) is 1.21. The molecule has 1 aromatic rings. The summed E-state index contributed by atoms with van der Waals surface area (Å²) in [6, 6.07) is 5.45. The fourth-order valence-electron chi connectivity index (χ4n) is 1.21. The molecule has 0 aromatic heterocycles. The number of benzene rings is 1. The van der Waals surface area contributed by atoms with Crippen molar-refractivity contribution >= 4 is 12.0 Å². The second-order valence-electron chi connectivity index (χ2n) is 3.06. The Balaban J connectivity index is 2.91. The third-order valence-electron chi connectivity index (χ3n) is 2.08. The number of amides is 1. The van der Waals surface area contributed by atoms with Gasteiger partial charge >= 0.3 is 0 Å². The minimum atomic E-state index is -0.144. The number of hydrogen-bond acceptors (Lipinski definition) is 3. The van der Waals surface area contributed by atoms with Gasteiger partial charge in [-0.3, -0.25) is 4.79 Å². The lowest BCUT2D eigenvalue weighted by Gasteiger charge is -2.07. The van der Waals surface area contributed by atoms with E-state index in [4.69, 9.17) is 9.47 Å². The lowest BCUT2D eigenvalue weighted by molar-refractivity contribution is -0.115. The molecule has 0 fully saturated rings. The quantitative estimate of drug-likeness (QED) is 0.783. The Hall–Kier alpha value is -1.97. The third-order valence-corrected chi connectivity index (χ3v) is 2.08. The highest BCUT2D eigenvalue weighted by Gasteiger charge is 2.02. The predicted octanol–water partition coefficient (Wildman–Crippen LogP) is 1.46. The average Bonchev–Trinajstić information content (AvgIpc) is 2.35. The fraction of sp³-hybridized carbons (Fsp3) is 0.250. The van der Waals surface area contributed by atoms with Crippen molar-refractivity contribution < 1.29 is 14.3 Å². The summed E-state index contributed by atoms with van der Waals surface area (Å²) in [7, 11) is 4.74. The summed E-state index contributed by atoms with van der Waals surface area (Å²) < 4.78 is 10.3. The Kier molecular flexibility index (Phi) is 4.39. The zero-order chi connectivity index (χ0) is 12.0. The van der Waals surface area contributed by atoms with Crippen LogP contribution in [0.1, 0.15) is 5.56 Å². The van der Waals surface area contributed by atoms with Crippen LogP contribution in [0.2, 0.25) is 0 Å². The lowest BCUT2D eigenvalue weighted by atomic mass is 10.2. The zero-order valence-electron chi connectivity index (χ0n) is 9.61. The average molecular weight is 221 g/mol. The minimum absolute atomic E-state index is 0.144. The summed E-state index contributed by atoms with van der Waals surface area (Å²) in [5.74, 6) is 1.16. The van der Waals surface area contributed by atoms with Gasteiger partial charge in [0.15, 0.2) is 11.5 Å². The normalized spacial score (nSPS) is 10.2. The molecular weight excluding hydrogens is 206 g/mol. The van der Waals surface area contributed by atoms with Crippen molar-refractivity contribution in [3.8, 4) is 11.5 Å². The van der Waals surface area contributed by atoms with Crippen molar-refractivity contribution in [3.05, 3.63) is 29.8 Å². The van der Waals surface area contributed by atoms with E-state index < -0.39 is 0 Å². The molecule has 0 saturated heterocycles. The summed E-state index contributed by atoms with van der Waals surface area (Å²) in [5.41, 5.74) is 0.876. The molecule has 0 radical (unpaired) electrons. The van der Waals surface area contributed by atoms with Crippen LogP contribution in [0.3, 0.4) is 0 Å². The summed E-state index contributed by atoms with van der Waals surface area (Å²) in [6.07, 6.45) is 3.17. The van der Waals surface area contributed by atoms with Gasteiger partial charge in [0.2, 0.25) is 5.91 Å². The van der Waals surface area contributed by atoms with Crippen LogP contribution in [0, 0.1) is 0 Å². The highest BCUT2D eigenvalue weighted by atomic mass is 16.5. The highest BCUT2D eigenvalue weighted by Crippen LogP contribution is 2.27. The van der Waals surface area contributed by atoms with Crippen LogP contribution in [-0.2, 0) is 4.79 Å². The van der Waals surface area contributed by atoms with Gasteiger partial charge in [-0.2, -0.15) is 0 Å². The van der Waals surface area contributed by atoms with Crippen LogP contribution in [0.25, 0.3) is 6.08 Å². The zero-order valence-corrected chi connectivity index (χ0v) is 9.61. The van der Waals surface area contributed by atoms with E-state index in [1.54, 1.807) is 39.5 Å². The molecule has 0 aliphatic heterocycles. The molecule has 1 amide bonds. The van der Waals surface area contributed by atoms with Crippen molar-refractivity contribution in [2.24, 2.45) is 0 Å². The maximum atomic E-state index is 11.0. The smallest absolute Gasteiger partial charge is 0.243 e. The Morgan fingerprint density at radius 3 is 2.50 bits per heavy atom. The number of rotatable bonds is 4. The predicted molar refractivity (Wildman–Crippen MR) is 62.6 cm³/mol. The molecule has 0 saturated carbocycles. The molecule has 0 heterocycles. The number of hydrogen-bond donors (Lipinski definition) is 1. The molecule has 0 bridgehead atoms.